The molecule has 2 aromatic rings. The van der Waals surface area contributed by atoms with Crippen molar-refractivity contribution in [2.75, 3.05) is 22.1 Å². The lowest BCUT2D eigenvalue weighted by Gasteiger charge is -2.30. The summed E-state index contributed by atoms with van der Waals surface area (Å²) >= 11 is 7.33. The van der Waals surface area contributed by atoms with Crippen LogP contribution in [0.25, 0.3) is 0 Å². The van der Waals surface area contributed by atoms with Gasteiger partial charge in [-0.15, -0.1) is 11.8 Å². The van der Waals surface area contributed by atoms with Crippen LogP contribution >= 0.6 is 23.4 Å². The quantitative estimate of drug-likeness (QED) is 0.662. The predicted molar refractivity (Wildman–Crippen MR) is 110 cm³/mol. The van der Waals surface area contributed by atoms with E-state index in [1.165, 1.54) is 23.9 Å². The molecular weight excluding hydrogens is 411 g/mol. The zero-order chi connectivity index (χ0) is 20.2. The van der Waals surface area contributed by atoms with E-state index in [-0.39, 0.29) is 17.1 Å². The minimum atomic E-state index is -3.82. The highest BCUT2D eigenvalue weighted by molar-refractivity contribution is 7.98. The summed E-state index contributed by atoms with van der Waals surface area (Å²) in [4.78, 5) is 13.8. The average molecular weight is 431 g/mol. The molecular formula is C18H20ClFN2O3S2. The minimum absolute atomic E-state index is 0.128. The summed E-state index contributed by atoms with van der Waals surface area (Å²) in [6.07, 6.45) is 3.13. The fraction of sp³-hybridized carbons (Fsp3) is 0.278. The topological polar surface area (TPSA) is 66.5 Å². The van der Waals surface area contributed by atoms with E-state index in [4.69, 9.17) is 11.6 Å². The lowest BCUT2D eigenvalue weighted by Crippen LogP contribution is -2.47. The van der Waals surface area contributed by atoms with Gasteiger partial charge in [0.25, 0.3) is 0 Å². The molecule has 9 heteroatoms. The number of carbonyl (C=O) groups is 1. The molecule has 1 atom stereocenters. The Kier molecular flexibility index (Phi) is 7.13. The number of hydrogen-bond acceptors (Lipinski definition) is 4. The van der Waals surface area contributed by atoms with Crippen LogP contribution in [-0.4, -0.2) is 32.9 Å². The van der Waals surface area contributed by atoms with Gasteiger partial charge in [-0.25, -0.2) is 12.8 Å². The van der Waals surface area contributed by atoms with E-state index in [1.54, 1.807) is 25.1 Å². The van der Waals surface area contributed by atoms with Crippen molar-refractivity contribution in [3.63, 3.8) is 0 Å². The summed E-state index contributed by atoms with van der Waals surface area (Å²) in [7, 11) is -3.82. The zero-order valence-electron chi connectivity index (χ0n) is 15.1. The van der Waals surface area contributed by atoms with Crippen molar-refractivity contribution < 1.29 is 17.6 Å². The number of nitrogens with zero attached hydrogens (tertiary/aromatic N) is 1. The summed E-state index contributed by atoms with van der Waals surface area (Å²) in [6.45, 7) is 1.70. The normalized spacial score (nSPS) is 12.5. The summed E-state index contributed by atoms with van der Waals surface area (Å²) in [5.41, 5.74) is 0.694. The van der Waals surface area contributed by atoms with Crippen molar-refractivity contribution in [1.29, 1.82) is 0 Å². The third-order valence-corrected chi connectivity index (χ3v) is 6.02. The minimum Gasteiger partial charge on any atom is -0.324 e. The van der Waals surface area contributed by atoms with Gasteiger partial charge in [0, 0.05) is 10.6 Å². The molecule has 0 unspecified atom stereocenters. The number of carbonyl (C=O) groups excluding carboxylic acids is 1. The van der Waals surface area contributed by atoms with E-state index in [0.717, 1.165) is 21.5 Å². The van der Waals surface area contributed by atoms with Crippen LogP contribution in [0.1, 0.15) is 13.3 Å². The largest absolute Gasteiger partial charge is 0.324 e. The Morgan fingerprint density at radius 3 is 2.56 bits per heavy atom. The van der Waals surface area contributed by atoms with Gasteiger partial charge in [-0.2, -0.15) is 0 Å². The van der Waals surface area contributed by atoms with E-state index in [0.29, 0.717) is 5.69 Å². The molecule has 0 saturated heterocycles. The van der Waals surface area contributed by atoms with Gasteiger partial charge in [0.2, 0.25) is 15.9 Å². The van der Waals surface area contributed by atoms with Crippen molar-refractivity contribution in [3.8, 4) is 0 Å². The third kappa shape index (κ3) is 5.37. The Morgan fingerprint density at radius 2 is 2.00 bits per heavy atom. The van der Waals surface area contributed by atoms with Crippen LogP contribution in [0.3, 0.4) is 0 Å². The van der Waals surface area contributed by atoms with E-state index < -0.39 is 27.8 Å². The number of thioether (sulfide) groups is 1. The smallest absolute Gasteiger partial charge is 0.248 e. The second-order valence-electron chi connectivity index (χ2n) is 5.80. The molecule has 0 saturated carbocycles. The molecule has 0 aromatic heterocycles. The molecule has 2 rings (SSSR count). The Hall–Kier alpha value is -1.77. The number of benzene rings is 2. The molecule has 0 heterocycles. The lowest BCUT2D eigenvalue weighted by molar-refractivity contribution is -0.117. The number of anilines is 2. The number of rotatable bonds is 7. The number of halogens is 2. The number of hydrogen-bond donors (Lipinski definition) is 1. The fourth-order valence-corrected chi connectivity index (χ4v) is 4.45. The molecule has 5 nitrogen and oxygen atoms in total. The van der Waals surface area contributed by atoms with Gasteiger partial charge >= 0.3 is 0 Å². The molecule has 0 bridgehead atoms. The third-order valence-electron chi connectivity index (χ3n) is 3.82. The highest BCUT2D eigenvalue weighted by Crippen LogP contribution is 2.28. The maximum atomic E-state index is 13.5. The molecule has 0 fully saturated rings. The maximum Gasteiger partial charge on any atom is 0.248 e. The number of sulfonamides is 1. The van der Waals surface area contributed by atoms with Crippen molar-refractivity contribution in [3.05, 3.63) is 53.3 Å². The molecule has 0 aliphatic rings. The van der Waals surface area contributed by atoms with E-state index in [1.807, 2.05) is 12.3 Å². The van der Waals surface area contributed by atoms with Gasteiger partial charge in [0.15, 0.2) is 0 Å². The maximum absolute atomic E-state index is 13.5. The highest BCUT2D eigenvalue weighted by atomic mass is 35.5. The highest BCUT2D eigenvalue weighted by Gasteiger charge is 2.32. The number of nitrogens with one attached hydrogen (secondary N) is 1. The van der Waals surface area contributed by atoms with Crippen LogP contribution in [0.4, 0.5) is 15.8 Å². The molecule has 1 N–H and O–H groups in total. The molecule has 0 aliphatic carbocycles. The molecule has 0 spiro atoms. The first-order chi connectivity index (χ1) is 12.7. The SMILES string of the molecule is CC[C@H](C(=O)Nc1cccc(SC)c1)N(c1ccc(F)c(Cl)c1)S(C)(=O)=O. The van der Waals surface area contributed by atoms with Crippen molar-refractivity contribution >= 4 is 50.7 Å². The van der Waals surface area contributed by atoms with Crippen LogP contribution in [0, 0.1) is 5.82 Å². The van der Waals surface area contributed by atoms with Crippen molar-refractivity contribution in [2.24, 2.45) is 0 Å². The van der Waals surface area contributed by atoms with Crippen molar-refractivity contribution in [2.45, 2.75) is 24.3 Å². The summed E-state index contributed by atoms with van der Waals surface area (Å²) in [6, 6.07) is 9.77. The van der Waals surface area contributed by atoms with Crippen molar-refractivity contribution in [1.82, 2.24) is 0 Å². The van der Waals surface area contributed by atoms with Crippen LogP contribution in [0.15, 0.2) is 47.4 Å². The first-order valence-corrected chi connectivity index (χ1v) is 11.5. The van der Waals surface area contributed by atoms with E-state index in [9.17, 15) is 17.6 Å². The lowest BCUT2D eigenvalue weighted by atomic mass is 10.1. The molecule has 1 amide bonds. The first-order valence-electron chi connectivity index (χ1n) is 8.06. The van der Waals surface area contributed by atoms with Gasteiger partial charge in [0.05, 0.1) is 17.0 Å². The molecule has 0 radical (unpaired) electrons. The molecule has 146 valence electrons. The Bertz CT molecular complexity index is 938. The second-order valence-corrected chi connectivity index (χ2v) is 8.95. The van der Waals surface area contributed by atoms with Crippen LogP contribution < -0.4 is 9.62 Å². The summed E-state index contributed by atoms with van der Waals surface area (Å²) in [5, 5.41) is 2.53. The van der Waals surface area contributed by atoms with Gasteiger partial charge in [-0.05, 0) is 49.1 Å². The summed E-state index contributed by atoms with van der Waals surface area (Å²) < 4.78 is 39.2. The molecule has 0 aliphatic heterocycles. The number of amides is 1. The predicted octanol–water partition coefficient (Wildman–Crippen LogP) is 4.38. The Labute approximate surface area is 168 Å². The fourth-order valence-electron chi connectivity index (χ4n) is 2.61. The van der Waals surface area contributed by atoms with Crippen LogP contribution in [0.5, 0.6) is 0 Å². The molecule has 2 aromatic carbocycles. The summed E-state index contributed by atoms with van der Waals surface area (Å²) in [5.74, 6) is -1.15. The average Bonchev–Trinajstić information content (AvgIpc) is 2.61. The van der Waals surface area contributed by atoms with Gasteiger partial charge < -0.3 is 5.32 Å². The first kappa shape index (κ1) is 21.5. The van der Waals surface area contributed by atoms with E-state index >= 15 is 0 Å². The monoisotopic (exact) mass is 430 g/mol. The van der Waals surface area contributed by atoms with Gasteiger partial charge in [-0.1, -0.05) is 24.6 Å². The van der Waals surface area contributed by atoms with E-state index in [2.05, 4.69) is 5.32 Å². The van der Waals surface area contributed by atoms with Crippen LogP contribution in [-0.2, 0) is 14.8 Å². The Morgan fingerprint density at radius 1 is 1.30 bits per heavy atom. The second kappa shape index (κ2) is 8.95. The standard InChI is InChI=1S/C18H20ClFN2O3S2/c1-4-17(18(23)21-12-6-5-7-14(10-12)26-2)22(27(3,24)25)13-8-9-16(20)15(19)11-13/h5-11,17H,4H2,1-3H3,(H,21,23)/t17-/m1/s1. The van der Waals surface area contributed by atoms with Gasteiger partial charge in [0.1, 0.15) is 11.9 Å². The van der Waals surface area contributed by atoms with Gasteiger partial charge in [-0.3, -0.25) is 9.10 Å². The van der Waals surface area contributed by atoms with Crippen LogP contribution in [0.2, 0.25) is 5.02 Å². The zero-order valence-corrected chi connectivity index (χ0v) is 17.5. The molecule has 27 heavy (non-hydrogen) atoms. The Balaban J connectivity index is 2.39.